The predicted octanol–water partition coefficient (Wildman–Crippen LogP) is 4.92. The first-order valence-electron chi connectivity index (χ1n) is 10.0. The van der Waals surface area contributed by atoms with E-state index in [1.54, 1.807) is 37.3 Å². The predicted molar refractivity (Wildman–Crippen MR) is 116 cm³/mol. The summed E-state index contributed by atoms with van der Waals surface area (Å²) in [4.78, 5) is 26.6. The standard InChI is InChI=1S/C24H21F2N3O3/c1-15-23(30)29(13-16-9-18(25)12-19(26)10-16)14-17-11-21(7-8-22(17)32-15)28-24(31)27-20-5-3-2-4-6-20/h2-12,15H,13-14H2,1H3,(H2,27,28,31)/t15-/m1/s1. The third-order valence-corrected chi connectivity index (χ3v) is 4.97. The topological polar surface area (TPSA) is 70.7 Å². The SMILES string of the molecule is C[C@H]1Oc2ccc(NC(=O)Nc3ccccc3)cc2CN(Cc2cc(F)cc(F)c2)C1=O. The molecule has 3 aromatic rings. The van der Waals surface area contributed by atoms with E-state index in [-0.39, 0.29) is 19.0 Å². The van der Waals surface area contributed by atoms with E-state index in [0.717, 1.165) is 6.07 Å². The number of para-hydroxylation sites is 1. The minimum atomic E-state index is -0.769. The molecule has 0 fully saturated rings. The summed E-state index contributed by atoms with van der Waals surface area (Å²) >= 11 is 0. The summed E-state index contributed by atoms with van der Waals surface area (Å²) in [5, 5.41) is 5.49. The zero-order valence-electron chi connectivity index (χ0n) is 17.3. The smallest absolute Gasteiger partial charge is 0.323 e. The number of carbonyl (C=O) groups is 2. The number of benzene rings is 3. The van der Waals surface area contributed by atoms with Crippen LogP contribution in [0.15, 0.2) is 66.7 Å². The van der Waals surface area contributed by atoms with Crippen LogP contribution < -0.4 is 15.4 Å². The van der Waals surface area contributed by atoms with Crippen LogP contribution in [0.5, 0.6) is 5.75 Å². The number of ether oxygens (including phenoxy) is 1. The van der Waals surface area contributed by atoms with E-state index in [2.05, 4.69) is 10.6 Å². The van der Waals surface area contributed by atoms with Crippen molar-refractivity contribution in [2.24, 2.45) is 0 Å². The van der Waals surface area contributed by atoms with Crippen molar-refractivity contribution in [1.29, 1.82) is 0 Å². The molecule has 1 heterocycles. The summed E-state index contributed by atoms with van der Waals surface area (Å²) < 4.78 is 33.0. The van der Waals surface area contributed by atoms with Crippen molar-refractivity contribution in [2.45, 2.75) is 26.1 Å². The Morgan fingerprint density at radius 3 is 2.41 bits per heavy atom. The van der Waals surface area contributed by atoms with E-state index in [1.165, 1.54) is 17.0 Å². The lowest BCUT2D eigenvalue weighted by Crippen LogP contribution is -2.37. The van der Waals surface area contributed by atoms with Crippen molar-refractivity contribution in [3.8, 4) is 5.75 Å². The fraction of sp³-hybridized carbons (Fsp3) is 0.167. The molecule has 3 amide bonds. The van der Waals surface area contributed by atoms with E-state index >= 15 is 0 Å². The summed E-state index contributed by atoms with van der Waals surface area (Å²) in [5.41, 5.74) is 2.16. The molecular weight excluding hydrogens is 416 g/mol. The second-order valence-corrected chi connectivity index (χ2v) is 7.50. The third-order valence-electron chi connectivity index (χ3n) is 4.97. The minimum absolute atomic E-state index is 0.0206. The maximum Gasteiger partial charge on any atom is 0.323 e. The Morgan fingerprint density at radius 2 is 1.69 bits per heavy atom. The van der Waals surface area contributed by atoms with E-state index in [9.17, 15) is 18.4 Å². The van der Waals surface area contributed by atoms with Gasteiger partial charge >= 0.3 is 6.03 Å². The Bertz CT molecular complexity index is 1130. The number of halogens is 2. The van der Waals surface area contributed by atoms with Crippen molar-refractivity contribution in [3.63, 3.8) is 0 Å². The molecular formula is C24H21F2N3O3. The van der Waals surface area contributed by atoms with Crippen LogP contribution in [0.25, 0.3) is 0 Å². The van der Waals surface area contributed by atoms with E-state index in [4.69, 9.17) is 4.74 Å². The molecule has 164 valence electrons. The number of hydrogen-bond donors (Lipinski definition) is 2. The van der Waals surface area contributed by atoms with Crippen LogP contribution in [0.3, 0.4) is 0 Å². The molecule has 32 heavy (non-hydrogen) atoms. The number of anilines is 2. The molecule has 2 N–H and O–H groups in total. The van der Waals surface area contributed by atoms with E-state index < -0.39 is 23.8 Å². The minimum Gasteiger partial charge on any atom is -0.481 e. The van der Waals surface area contributed by atoms with Crippen LogP contribution in [0.4, 0.5) is 25.0 Å². The fourth-order valence-corrected chi connectivity index (χ4v) is 3.55. The zero-order valence-corrected chi connectivity index (χ0v) is 17.3. The second-order valence-electron chi connectivity index (χ2n) is 7.50. The Hall–Kier alpha value is -3.94. The number of nitrogens with zero attached hydrogens (tertiary/aromatic N) is 1. The molecule has 3 aromatic carbocycles. The van der Waals surface area contributed by atoms with Gasteiger partial charge in [0, 0.05) is 36.1 Å². The lowest BCUT2D eigenvalue weighted by Gasteiger charge is -2.22. The molecule has 1 aliphatic heterocycles. The molecule has 8 heteroatoms. The van der Waals surface area contributed by atoms with Gasteiger partial charge in [-0.3, -0.25) is 4.79 Å². The molecule has 0 saturated carbocycles. The van der Waals surface area contributed by atoms with Crippen molar-refractivity contribution >= 4 is 23.3 Å². The summed E-state index contributed by atoms with van der Waals surface area (Å²) in [5.74, 6) is -1.21. The molecule has 1 aliphatic rings. The molecule has 0 bridgehead atoms. The third kappa shape index (κ3) is 5.03. The van der Waals surface area contributed by atoms with Gasteiger partial charge < -0.3 is 20.3 Å². The normalized spacial score (nSPS) is 15.4. The summed E-state index contributed by atoms with van der Waals surface area (Å²) in [6, 6.07) is 16.8. The highest BCUT2D eigenvalue weighted by Crippen LogP contribution is 2.29. The van der Waals surface area contributed by atoms with Gasteiger partial charge in [0.05, 0.1) is 0 Å². The van der Waals surface area contributed by atoms with Gasteiger partial charge in [0.15, 0.2) is 6.10 Å². The Balaban J connectivity index is 1.53. The highest BCUT2D eigenvalue weighted by atomic mass is 19.1. The highest BCUT2D eigenvalue weighted by molar-refractivity contribution is 5.99. The Labute approximate surface area is 183 Å². The molecule has 0 spiro atoms. The summed E-state index contributed by atoms with van der Waals surface area (Å²) in [6.45, 7) is 1.80. The number of carbonyl (C=O) groups excluding carboxylic acids is 2. The van der Waals surface area contributed by atoms with Crippen molar-refractivity contribution in [3.05, 3.63) is 89.5 Å². The van der Waals surface area contributed by atoms with Crippen LogP contribution in [-0.4, -0.2) is 22.9 Å². The van der Waals surface area contributed by atoms with Gasteiger partial charge in [-0.25, -0.2) is 13.6 Å². The van der Waals surface area contributed by atoms with E-state index in [1.807, 2.05) is 18.2 Å². The highest BCUT2D eigenvalue weighted by Gasteiger charge is 2.28. The number of hydrogen-bond acceptors (Lipinski definition) is 3. The Morgan fingerprint density at radius 1 is 1.00 bits per heavy atom. The molecule has 0 radical (unpaired) electrons. The zero-order chi connectivity index (χ0) is 22.7. The van der Waals surface area contributed by atoms with Gasteiger partial charge in [-0.05, 0) is 55.0 Å². The number of amides is 3. The number of nitrogens with one attached hydrogen (secondary N) is 2. The molecule has 4 rings (SSSR count). The first-order chi connectivity index (χ1) is 15.4. The largest absolute Gasteiger partial charge is 0.481 e. The molecule has 0 saturated heterocycles. The van der Waals surface area contributed by atoms with Crippen LogP contribution in [0.1, 0.15) is 18.1 Å². The summed E-state index contributed by atoms with van der Waals surface area (Å²) in [6.07, 6.45) is -0.769. The maximum atomic E-state index is 13.6. The van der Waals surface area contributed by atoms with Gasteiger partial charge in [0.1, 0.15) is 17.4 Å². The molecule has 1 atom stereocenters. The first kappa shape index (κ1) is 21.3. The maximum absolute atomic E-state index is 13.6. The molecule has 0 unspecified atom stereocenters. The first-order valence-corrected chi connectivity index (χ1v) is 10.0. The van der Waals surface area contributed by atoms with Gasteiger partial charge in [-0.15, -0.1) is 0 Å². The van der Waals surface area contributed by atoms with Gasteiger partial charge in [-0.1, -0.05) is 18.2 Å². The van der Waals surface area contributed by atoms with E-state index in [0.29, 0.717) is 28.3 Å². The van der Waals surface area contributed by atoms with Crippen LogP contribution in [-0.2, 0) is 17.9 Å². The average Bonchev–Trinajstić information content (AvgIpc) is 2.84. The number of rotatable bonds is 4. The quantitative estimate of drug-likeness (QED) is 0.609. The van der Waals surface area contributed by atoms with Crippen molar-refractivity contribution in [2.75, 3.05) is 10.6 Å². The lowest BCUT2D eigenvalue weighted by atomic mass is 10.1. The monoisotopic (exact) mass is 437 g/mol. The van der Waals surface area contributed by atoms with Crippen LogP contribution >= 0.6 is 0 Å². The van der Waals surface area contributed by atoms with Gasteiger partial charge in [0.2, 0.25) is 0 Å². The fourth-order valence-electron chi connectivity index (χ4n) is 3.55. The molecule has 0 aliphatic carbocycles. The van der Waals surface area contributed by atoms with Crippen LogP contribution in [0.2, 0.25) is 0 Å². The van der Waals surface area contributed by atoms with Gasteiger partial charge in [0.25, 0.3) is 5.91 Å². The van der Waals surface area contributed by atoms with Gasteiger partial charge in [-0.2, -0.15) is 0 Å². The Kier molecular flexibility index (Phi) is 6.02. The molecule has 6 nitrogen and oxygen atoms in total. The molecule has 0 aromatic heterocycles. The number of fused-ring (bicyclic) bond motifs is 1. The average molecular weight is 437 g/mol. The second kappa shape index (κ2) is 9.05. The lowest BCUT2D eigenvalue weighted by molar-refractivity contribution is -0.138. The van der Waals surface area contributed by atoms with Crippen molar-refractivity contribution in [1.82, 2.24) is 4.90 Å². The number of urea groups is 1. The summed E-state index contributed by atoms with van der Waals surface area (Å²) in [7, 11) is 0. The van der Waals surface area contributed by atoms with Crippen molar-refractivity contribution < 1.29 is 23.1 Å². The van der Waals surface area contributed by atoms with Crippen LogP contribution in [0, 0.1) is 11.6 Å².